The summed E-state index contributed by atoms with van der Waals surface area (Å²) in [6.45, 7) is 2.46. The summed E-state index contributed by atoms with van der Waals surface area (Å²) in [5.41, 5.74) is 0.652. The number of carbonyl (C=O) groups is 1. The highest BCUT2D eigenvalue weighted by Gasteiger charge is 2.15. The summed E-state index contributed by atoms with van der Waals surface area (Å²) in [6, 6.07) is 18.6. The van der Waals surface area contributed by atoms with E-state index in [-0.39, 0.29) is 5.97 Å². The monoisotopic (exact) mass is 288 g/mol. The molecule has 0 aliphatic rings. The Kier molecular flexibility index (Phi) is 2.97. The third kappa shape index (κ3) is 1.84. The lowest BCUT2D eigenvalue weighted by Crippen LogP contribution is -2.06. The molecule has 4 aromatic carbocycles. The van der Waals surface area contributed by atoms with E-state index in [1.807, 2.05) is 25.1 Å². The number of carbonyl (C=O) groups excluding carboxylic acids is 1. The SMILES string of the molecule is CCCOC(=O)c1ccc2ccc3cccc4ccc1c2c34. The number of rotatable bonds is 3. The summed E-state index contributed by atoms with van der Waals surface area (Å²) in [5.74, 6) is -0.236. The van der Waals surface area contributed by atoms with Crippen LogP contribution in [-0.4, -0.2) is 12.6 Å². The van der Waals surface area contributed by atoms with Crippen LogP contribution in [0, 0.1) is 0 Å². The van der Waals surface area contributed by atoms with Gasteiger partial charge in [-0.05, 0) is 44.8 Å². The zero-order valence-corrected chi connectivity index (χ0v) is 12.4. The molecule has 0 amide bonds. The minimum atomic E-state index is -0.236. The highest BCUT2D eigenvalue weighted by Crippen LogP contribution is 2.35. The van der Waals surface area contributed by atoms with Gasteiger partial charge in [-0.1, -0.05) is 55.5 Å². The minimum absolute atomic E-state index is 0.236. The van der Waals surface area contributed by atoms with Crippen LogP contribution >= 0.6 is 0 Å². The Balaban J connectivity index is 2.06. The summed E-state index contributed by atoms with van der Waals surface area (Å²) in [4.78, 5) is 12.3. The minimum Gasteiger partial charge on any atom is -0.462 e. The van der Waals surface area contributed by atoms with Crippen LogP contribution in [0.5, 0.6) is 0 Å². The van der Waals surface area contributed by atoms with E-state index in [9.17, 15) is 4.79 Å². The average molecular weight is 288 g/mol. The molecule has 2 heteroatoms. The van der Waals surface area contributed by atoms with Gasteiger partial charge in [-0.2, -0.15) is 0 Å². The molecule has 0 radical (unpaired) electrons. The molecule has 0 atom stereocenters. The van der Waals surface area contributed by atoms with Crippen molar-refractivity contribution in [1.29, 1.82) is 0 Å². The van der Waals surface area contributed by atoms with Crippen molar-refractivity contribution in [3.63, 3.8) is 0 Å². The van der Waals surface area contributed by atoms with Gasteiger partial charge in [0.25, 0.3) is 0 Å². The van der Waals surface area contributed by atoms with Crippen LogP contribution < -0.4 is 0 Å². The third-order valence-electron chi connectivity index (χ3n) is 4.19. The van der Waals surface area contributed by atoms with E-state index >= 15 is 0 Å². The standard InChI is InChI=1S/C20H16O2/c1-2-12-22-20(21)17-11-9-15-7-6-13-4-3-5-14-8-10-16(17)19(15)18(13)14/h3-11H,2,12H2,1H3. The van der Waals surface area contributed by atoms with Gasteiger partial charge in [0.2, 0.25) is 0 Å². The van der Waals surface area contributed by atoms with Gasteiger partial charge in [-0.3, -0.25) is 0 Å². The molecule has 2 nitrogen and oxygen atoms in total. The Labute approximate surface area is 128 Å². The number of benzene rings is 4. The molecule has 0 saturated heterocycles. The number of hydrogen-bond donors (Lipinski definition) is 0. The van der Waals surface area contributed by atoms with Crippen molar-refractivity contribution in [1.82, 2.24) is 0 Å². The molecular formula is C20H16O2. The highest BCUT2D eigenvalue weighted by molar-refractivity contribution is 6.25. The first kappa shape index (κ1) is 13.1. The number of hydrogen-bond acceptors (Lipinski definition) is 2. The lowest BCUT2D eigenvalue weighted by Gasteiger charge is -2.13. The summed E-state index contributed by atoms with van der Waals surface area (Å²) in [6.07, 6.45) is 0.831. The Hall–Kier alpha value is -2.61. The maximum absolute atomic E-state index is 12.3. The smallest absolute Gasteiger partial charge is 0.338 e. The van der Waals surface area contributed by atoms with Crippen LogP contribution in [0.4, 0.5) is 0 Å². The summed E-state index contributed by atoms with van der Waals surface area (Å²) in [7, 11) is 0. The van der Waals surface area contributed by atoms with Gasteiger partial charge in [0.05, 0.1) is 12.2 Å². The molecule has 0 saturated carbocycles. The largest absolute Gasteiger partial charge is 0.462 e. The second-order valence-electron chi connectivity index (χ2n) is 5.61. The van der Waals surface area contributed by atoms with Crippen molar-refractivity contribution in [3.05, 3.63) is 60.2 Å². The van der Waals surface area contributed by atoms with Crippen molar-refractivity contribution in [2.45, 2.75) is 13.3 Å². The molecule has 4 rings (SSSR count). The van der Waals surface area contributed by atoms with Crippen molar-refractivity contribution in [2.24, 2.45) is 0 Å². The fourth-order valence-corrected chi connectivity index (χ4v) is 3.19. The maximum atomic E-state index is 12.3. The lowest BCUT2D eigenvalue weighted by atomic mass is 9.92. The van der Waals surface area contributed by atoms with E-state index in [0.717, 1.165) is 22.6 Å². The van der Waals surface area contributed by atoms with Gasteiger partial charge >= 0.3 is 5.97 Å². The van der Waals surface area contributed by atoms with Crippen LogP contribution in [0.15, 0.2) is 54.6 Å². The summed E-state index contributed by atoms with van der Waals surface area (Å²) in [5, 5.41) is 6.92. The second kappa shape index (κ2) is 4.99. The van der Waals surface area contributed by atoms with E-state index in [1.54, 1.807) is 0 Å². The molecule has 0 aromatic heterocycles. The lowest BCUT2D eigenvalue weighted by molar-refractivity contribution is 0.0507. The van der Waals surface area contributed by atoms with Gasteiger partial charge in [0, 0.05) is 0 Å². The Morgan fingerprint density at radius 1 is 0.864 bits per heavy atom. The maximum Gasteiger partial charge on any atom is 0.338 e. The molecule has 0 unspecified atom stereocenters. The van der Waals surface area contributed by atoms with Gasteiger partial charge in [-0.15, -0.1) is 0 Å². The molecular weight excluding hydrogens is 272 g/mol. The van der Waals surface area contributed by atoms with Gasteiger partial charge in [-0.25, -0.2) is 4.79 Å². The molecule has 0 aliphatic carbocycles. The van der Waals surface area contributed by atoms with Crippen molar-refractivity contribution < 1.29 is 9.53 Å². The van der Waals surface area contributed by atoms with Crippen molar-refractivity contribution in [3.8, 4) is 0 Å². The predicted octanol–water partition coefficient (Wildman–Crippen LogP) is 5.15. The normalized spacial score (nSPS) is 11.5. The summed E-state index contributed by atoms with van der Waals surface area (Å²) < 4.78 is 5.33. The molecule has 22 heavy (non-hydrogen) atoms. The molecule has 0 fully saturated rings. The zero-order valence-electron chi connectivity index (χ0n) is 12.4. The molecule has 0 bridgehead atoms. The number of ether oxygens (including phenoxy) is 1. The van der Waals surface area contributed by atoms with E-state index in [0.29, 0.717) is 12.2 Å². The fraction of sp³-hybridized carbons (Fsp3) is 0.150. The Morgan fingerprint density at radius 3 is 2.23 bits per heavy atom. The van der Waals surface area contributed by atoms with Gasteiger partial charge < -0.3 is 4.74 Å². The van der Waals surface area contributed by atoms with Gasteiger partial charge in [0.1, 0.15) is 0 Å². The topological polar surface area (TPSA) is 26.3 Å². The van der Waals surface area contributed by atoms with Crippen LogP contribution in [0.1, 0.15) is 23.7 Å². The van der Waals surface area contributed by atoms with E-state index in [1.165, 1.54) is 16.2 Å². The molecule has 0 aliphatic heterocycles. The number of esters is 1. The van der Waals surface area contributed by atoms with Crippen molar-refractivity contribution >= 4 is 38.3 Å². The third-order valence-corrected chi connectivity index (χ3v) is 4.19. The van der Waals surface area contributed by atoms with E-state index < -0.39 is 0 Å². The molecule has 0 spiro atoms. The highest BCUT2D eigenvalue weighted by atomic mass is 16.5. The molecule has 4 aromatic rings. The second-order valence-corrected chi connectivity index (χ2v) is 5.61. The first-order chi connectivity index (χ1) is 10.8. The van der Waals surface area contributed by atoms with Crippen LogP contribution in [0.25, 0.3) is 32.3 Å². The Morgan fingerprint density at radius 2 is 1.50 bits per heavy atom. The summed E-state index contributed by atoms with van der Waals surface area (Å²) >= 11 is 0. The molecule has 0 N–H and O–H groups in total. The van der Waals surface area contributed by atoms with Crippen molar-refractivity contribution in [2.75, 3.05) is 6.61 Å². The van der Waals surface area contributed by atoms with Crippen LogP contribution in [0.2, 0.25) is 0 Å². The molecule has 0 heterocycles. The first-order valence-electron chi connectivity index (χ1n) is 7.63. The van der Waals surface area contributed by atoms with E-state index in [4.69, 9.17) is 4.74 Å². The van der Waals surface area contributed by atoms with E-state index in [2.05, 4.69) is 36.4 Å². The van der Waals surface area contributed by atoms with Crippen LogP contribution in [-0.2, 0) is 4.74 Å². The Bertz CT molecular complexity index is 969. The molecule has 108 valence electrons. The van der Waals surface area contributed by atoms with Gasteiger partial charge in [0.15, 0.2) is 0 Å². The van der Waals surface area contributed by atoms with Crippen LogP contribution in [0.3, 0.4) is 0 Å². The fourth-order valence-electron chi connectivity index (χ4n) is 3.19. The predicted molar refractivity (Wildman–Crippen MR) is 90.7 cm³/mol. The quantitative estimate of drug-likeness (QED) is 0.385. The first-order valence-corrected chi connectivity index (χ1v) is 7.63. The zero-order chi connectivity index (χ0) is 15.1. The average Bonchev–Trinajstić information content (AvgIpc) is 2.57.